The maximum atomic E-state index is 10.9. The highest BCUT2D eigenvalue weighted by Gasteiger charge is 2.14. The lowest BCUT2D eigenvalue weighted by Gasteiger charge is -2.07. The minimum Gasteiger partial charge on any atom is -0.377 e. The van der Waals surface area contributed by atoms with Gasteiger partial charge in [-0.3, -0.25) is 14.3 Å². The van der Waals surface area contributed by atoms with E-state index >= 15 is 0 Å². The van der Waals surface area contributed by atoms with Gasteiger partial charge in [0.05, 0.1) is 17.8 Å². The Morgan fingerprint density at radius 1 is 1.55 bits per heavy atom. The van der Waals surface area contributed by atoms with Crippen LogP contribution in [-0.2, 0) is 14.3 Å². The van der Waals surface area contributed by atoms with Crippen molar-refractivity contribution in [3.8, 4) is 0 Å². The first-order valence-corrected chi connectivity index (χ1v) is 7.07. The number of hydrogen-bond donors (Lipinski definition) is 1. The first kappa shape index (κ1) is 15.7. The van der Waals surface area contributed by atoms with Crippen LogP contribution >= 0.6 is 0 Å². The Morgan fingerprint density at radius 2 is 2.25 bits per heavy atom. The van der Waals surface area contributed by atoms with Gasteiger partial charge in [0, 0.05) is 23.2 Å². The van der Waals surface area contributed by atoms with Crippen molar-refractivity contribution in [1.29, 1.82) is 0 Å². The van der Waals surface area contributed by atoms with Crippen molar-refractivity contribution in [1.82, 2.24) is 0 Å². The zero-order valence-electron chi connectivity index (χ0n) is 10.4. The molecule has 0 saturated heterocycles. The average Bonchev–Trinajstić information content (AvgIpc) is 2.35. The van der Waals surface area contributed by atoms with E-state index in [9.17, 15) is 18.5 Å². The normalized spacial score (nSPS) is 10.7. The van der Waals surface area contributed by atoms with Crippen LogP contribution in [0.4, 0.5) is 17.1 Å². The summed E-state index contributed by atoms with van der Waals surface area (Å²) in [5.74, 6) is 0. The number of nitrogens with zero attached hydrogens (tertiary/aromatic N) is 4. The Balaban J connectivity index is 2.79. The summed E-state index contributed by atoms with van der Waals surface area (Å²) in [6.45, 7) is -0.0944. The molecule has 1 aromatic carbocycles. The second-order valence-corrected chi connectivity index (χ2v) is 5.24. The van der Waals surface area contributed by atoms with Gasteiger partial charge in [0.15, 0.2) is 0 Å². The summed E-state index contributed by atoms with van der Waals surface area (Å²) < 4.78 is 25.9. The Labute approximate surface area is 114 Å². The van der Waals surface area contributed by atoms with Crippen LogP contribution in [0.1, 0.15) is 0 Å². The highest BCUT2D eigenvalue weighted by atomic mass is 32.2. The van der Waals surface area contributed by atoms with Crippen LogP contribution in [0, 0.1) is 10.1 Å². The summed E-state index contributed by atoms with van der Waals surface area (Å²) >= 11 is 0. The van der Waals surface area contributed by atoms with Gasteiger partial charge >= 0.3 is 0 Å². The molecule has 1 N–H and O–H groups in total. The summed E-state index contributed by atoms with van der Waals surface area (Å²) in [4.78, 5) is 12.8. The van der Waals surface area contributed by atoms with Gasteiger partial charge in [0.25, 0.3) is 15.8 Å². The molecule has 0 spiro atoms. The molecule has 10 nitrogen and oxygen atoms in total. The van der Waals surface area contributed by atoms with Crippen LogP contribution < -0.4 is 5.32 Å². The maximum absolute atomic E-state index is 10.9. The van der Waals surface area contributed by atoms with E-state index in [4.69, 9.17) is 5.53 Å². The minimum atomic E-state index is -3.55. The number of hydrogen-bond acceptors (Lipinski definition) is 7. The third-order valence-corrected chi connectivity index (χ3v) is 2.65. The van der Waals surface area contributed by atoms with Crippen molar-refractivity contribution in [3.05, 3.63) is 38.8 Å². The molecule has 0 unspecified atom stereocenters. The van der Waals surface area contributed by atoms with Gasteiger partial charge in [-0.1, -0.05) is 11.2 Å². The molecule has 0 saturated carbocycles. The van der Waals surface area contributed by atoms with Crippen molar-refractivity contribution in [3.63, 3.8) is 0 Å². The van der Waals surface area contributed by atoms with E-state index in [1.54, 1.807) is 0 Å². The summed E-state index contributed by atoms with van der Waals surface area (Å²) in [7, 11) is -3.55. The average molecular weight is 301 g/mol. The second-order valence-electron chi connectivity index (χ2n) is 3.60. The molecule has 11 heteroatoms. The van der Waals surface area contributed by atoms with E-state index in [0.29, 0.717) is 0 Å². The lowest BCUT2D eigenvalue weighted by atomic mass is 10.2. The maximum Gasteiger partial charge on any atom is 0.292 e. The van der Waals surface area contributed by atoms with Crippen molar-refractivity contribution in [2.24, 2.45) is 5.11 Å². The Morgan fingerprint density at radius 3 is 2.80 bits per heavy atom. The smallest absolute Gasteiger partial charge is 0.292 e. The highest BCUT2D eigenvalue weighted by molar-refractivity contribution is 7.85. The van der Waals surface area contributed by atoms with Crippen LogP contribution in [0.5, 0.6) is 0 Å². The van der Waals surface area contributed by atoms with E-state index in [0.717, 1.165) is 12.3 Å². The van der Waals surface area contributed by atoms with E-state index < -0.39 is 15.0 Å². The molecule has 1 aromatic rings. The Hall–Kier alpha value is -2.36. The van der Waals surface area contributed by atoms with Crippen LogP contribution in [-0.4, -0.2) is 32.7 Å². The number of nitro benzene ring substituents is 1. The van der Waals surface area contributed by atoms with Crippen molar-refractivity contribution >= 4 is 27.2 Å². The molecule has 0 radical (unpaired) electrons. The molecule has 0 atom stereocenters. The number of rotatable bonds is 7. The number of azide groups is 1. The van der Waals surface area contributed by atoms with E-state index in [1.807, 2.05) is 0 Å². The lowest BCUT2D eigenvalue weighted by Crippen LogP contribution is -2.13. The SMILES string of the molecule is CS(=O)(=O)OCCNc1ccc(N=[N+]=[N-])cc1[N+](=O)[O-]. The Bertz CT molecular complexity index is 653. The van der Waals surface area contributed by atoms with Gasteiger partial charge < -0.3 is 5.32 Å². The van der Waals surface area contributed by atoms with E-state index in [-0.39, 0.29) is 30.2 Å². The summed E-state index contributed by atoms with van der Waals surface area (Å²) in [5.41, 5.74) is 8.26. The summed E-state index contributed by atoms with van der Waals surface area (Å²) in [5, 5.41) is 16.8. The standard InChI is InChI=1S/C9H11N5O5S/c1-20(17,18)19-5-4-11-8-3-2-7(12-13-10)6-9(8)14(15)16/h2-3,6,11H,4-5H2,1H3. The predicted molar refractivity (Wildman–Crippen MR) is 71.2 cm³/mol. The first-order valence-electron chi connectivity index (χ1n) is 5.25. The molecule has 0 amide bonds. The van der Waals surface area contributed by atoms with Crippen molar-refractivity contribution in [2.45, 2.75) is 0 Å². The third-order valence-electron chi connectivity index (χ3n) is 2.05. The molecule has 20 heavy (non-hydrogen) atoms. The number of nitrogens with one attached hydrogen (secondary N) is 1. The van der Waals surface area contributed by atoms with Gasteiger partial charge in [-0.25, -0.2) is 0 Å². The molecule has 0 fully saturated rings. The minimum absolute atomic E-state index is 0.0643. The van der Waals surface area contributed by atoms with Gasteiger partial charge in [-0.05, 0) is 11.6 Å². The molecular formula is C9H11N5O5S. The van der Waals surface area contributed by atoms with Crippen LogP contribution in [0.25, 0.3) is 10.4 Å². The number of benzene rings is 1. The largest absolute Gasteiger partial charge is 0.377 e. The van der Waals surface area contributed by atoms with Crippen LogP contribution in [0.3, 0.4) is 0 Å². The molecule has 0 heterocycles. The zero-order valence-corrected chi connectivity index (χ0v) is 11.2. The van der Waals surface area contributed by atoms with Gasteiger partial charge in [-0.2, -0.15) is 8.42 Å². The Kier molecular flexibility index (Phi) is 5.26. The molecule has 0 aliphatic heterocycles. The van der Waals surface area contributed by atoms with Crippen molar-refractivity contribution < 1.29 is 17.5 Å². The fourth-order valence-electron chi connectivity index (χ4n) is 1.31. The molecular weight excluding hydrogens is 290 g/mol. The second kappa shape index (κ2) is 6.70. The topological polar surface area (TPSA) is 147 Å². The molecule has 108 valence electrons. The number of nitro groups is 1. The summed E-state index contributed by atoms with van der Waals surface area (Å²) in [6.07, 6.45) is 0.907. The van der Waals surface area contributed by atoms with E-state index in [2.05, 4.69) is 19.5 Å². The van der Waals surface area contributed by atoms with Crippen molar-refractivity contribution in [2.75, 3.05) is 24.7 Å². The van der Waals surface area contributed by atoms with Crippen LogP contribution in [0.2, 0.25) is 0 Å². The van der Waals surface area contributed by atoms with Gasteiger partial charge in [0.1, 0.15) is 5.69 Å². The number of anilines is 1. The molecule has 1 rings (SSSR count). The predicted octanol–water partition coefficient (Wildman–Crippen LogP) is 1.92. The van der Waals surface area contributed by atoms with E-state index in [1.165, 1.54) is 12.1 Å². The molecule has 0 bridgehead atoms. The van der Waals surface area contributed by atoms with Crippen LogP contribution in [0.15, 0.2) is 23.3 Å². The van der Waals surface area contributed by atoms with Gasteiger partial charge in [-0.15, -0.1) is 0 Å². The first-order chi connectivity index (χ1) is 9.33. The lowest BCUT2D eigenvalue weighted by molar-refractivity contribution is -0.383. The molecule has 0 aliphatic rings. The quantitative estimate of drug-likeness (QED) is 0.155. The third kappa shape index (κ3) is 5.10. The fourth-order valence-corrected chi connectivity index (χ4v) is 1.70. The van der Waals surface area contributed by atoms with Gasteiger partial charge in [0.2, 0.25) is 0 Å². The zero-order chi connectivity index (χ0) is 15.2. The monoisotopic (exact) mass is 301 g/mol. The highest BCUT2D eigenvalue weighted by Crippen LogP contribution is 2.29. The fraction of sp³-hybridized carbons (Fsp3) is 0.333. The molecule has 0 aliphatic carbocycles. The molecule has 0 aromatic heterocycles. The summed E-state index contributed by atoms with van der Waals surface area (Å²) in [6, 6.07) is 3.87.